The Hall–Kier alpha value is -0.0800. The predicted octanol–water partition coefficient (Wildman–Crippen LogP) is 2.97. The molecule has 90 valence electrons. The highest BCUT2D eigenvalue weighted by molar-refractivity contribution is 4.66. The average molecular weight is 213 g/mol. The van der Waals surface area contributed by atoms with E-state index >= 15 is 0 Å². The van der Waals surface area contributed by atoms with Crippen LogP contribution < -0.4 is 5.32 Å². The third kappa shape index (κ3) is 5.53. The Morgan fingerprint density at radius 3 is 2.67 bits per heavy atom. The fraction of sp³-hybridized carbons (Fsp3) is 1.00. The van der Waals surface area contributed by atoms with Gasteiger partial charge in [0.25, 0.3) is 0 Å². The first kappa shape index (κ1) is 13.0. The summed E-state index contributed by atoms with van der Waals surface area (Å²) in [5, 5.41) is 3.33. The van der Waals surface area contributed by atoms with Gasteiger partial charge < -0.3 is 10.1 Å². The van der Waals surface area contributed by atoms with Gasteiger partial charge in [-0.15, -0.1) is 0 Å². The van der Waals surface area contributed by atoms with Crippen LogP contribution in [0, 0.1) is 5.92 Å². The van der Waals surface area contributed by atoms with Gasteiger partial charge in [-0.1, -0.05) is 19.8 Å². The maximum atomic E-state index is 5.73. The molecule has 0 aromatic carbocycles. The summed E-state index contributed by atoms with van der Waals surface area (Å²) in [4.78, 5) is 0. The highest BCUT2D eigenvalue weighted by atomic mass is 16.5. The van der Waals surface area contributed by atoms with Crippen LogP contribution in [0.15, 0.2) is 0 Å². The normalized spacial score (nSPS) is 19.6. The summed E-state index contributed by atoms with van der Waals surface area (Å²) in [6, 6.07) is 0.681. The van der Waals surface area contributed by atoms with Crippen LogP contribution in [0.4, 0.5) is 0 Å². The van der Waals surface area contributed by atoms with E-state index in [1.807, 2.05) is 7.05 Å². The summed E-state index contributed by atoms with van der Waals surface area (Å²) in [7, 11) is 2.05. The van der Waals surface area contributed by atoms with E-state index in [2.05, 4.69) is 12.2 Å². The minimum atomic E-state index is 0.681. The van der Waals surface area contributed by atoms with Crippen LogP contribution in [0.2, 0.25) is 0 Å². The zero-order valence-electron chi connectivity index (χ0n) is 10.4. The standard InChI is InChI=1S/C13H27NO/c1-3-13(14-2)9-6-10-15-11-12-7-4-5-8-12/h12-14H,3-11H2,1-2H3. The van der Waals surface area contributed by atoms with E-state index in [0.717, 1.165) is 19.1 Å². The van der Waals surface area contributed by atoms with Gasteiger partial charge in [0.2, 0.25) is 0 Å². The largest absolute Gasteiger partial charge is 0.381 e. The van der Waals surface area contributed by atoms with E-state index < -0.39 is 0 Å². The second-order valence-electron chi connectivity index (χ2n) is 4.76. The molecule has 1 unspecified atom stereocenters. The van der Waals surface area contributed by atoms with Crippen molar-refractivity contribution < 1.29 is 4.74 Å². The summed E-state index contributed by atoms with van der Waals surface area (Å²) in [6.07, 6.45) is 9.31. The molecule has 2 nitrogen and oxygen atoms in total. The SMILES string of the molecule is CCC(CCCOCC1CCCC1)NC. The van der Waals surface area contributed by atoms with E-state index in [-0.39, 0.29) is 0 Å². The summed E-state index contributed by atoms with van der Waals surface area (Å²) < 4.78 is 5.73. The number of nitrogens with one attached hydrogen (secondary N) is 1. The molecule has 1 rings (SSSR count). The highest BCUT2D eigenvalue weighted by Crippen LogP contribution is 2.24. The van der Waals surface area contributed by atoms with Crippen molar-refractivity contribution in [2.24, 2.45) is 5.92 Å². The van der Waals surface area contributed by atoms with Crippen molar-refractivity contribution in [3.8, 4) is 0 Å². The molecule has 1 saturated carbocycles. The Kier molecular flexibility index (Phi) is 7.03. The van der Waals surface area contributed by atoms with Crippen LogP contribution in [-0.4, -0.2) is 26.3 Å². The Balaban J connectivity index is 1.87. The molecule has 0 heterocycles. The Bertz CT molecular complexity index is 135. The summed E-state index contributed by atoms with van der Waals surface area (Å²) >= 11 is 0. The quantitative estimate of drug-likeness (QED) is 0.626. The van der Waals surface area contributed by atoms with E-state index in [4.69, 9.17) is 4.74 Å². The third-order valence-corrected chi connectivity index (χ3v) is 3.57. The van der Waals surface area contributed by atoms with Gasteiger partial charge in [0, 0.05) is 19.3 Å². The lowest BCUT2D eigenvalue weighted by atomic mass is 10.1. The zero-order chi connectivity index (χ0) is 10.9. The molecule has 0 saturated heterocycles. The first-order chi connectivity index (χ1) is 7.36. The van der Waals surface area contributed by atoms with Crippen LogP contribution in [-0.2, 0) is 4.74 Å². The fourth-order valence-corrected chi connectivity index (χ4v) is 2.41. The topological polar surface area (TPSA) is 21.3 Å². The molecule has 1 N–H and O–H groups in total. The number of ether oxygens (including phenoxy) is 1. The first-order valence-electron chi connectivity index (χ1n) is 6.61. The van der Waals surface area contributed by atoms with Crippen molar-refractivity contribution in [2.75, 3.05) is 20.3 Å². The molecule has 0 bridgehead atoms. The van der Waals surface area contributed by atoms with Crippen molar-refractivity contribution in [3.05, 3.63) is 0 Å². The molecule has 2 heteroatoms. The van der Waals surface area contributed by atoms with Gasteiger partial charge in [0.15, 0.2) is 0 Å². The van der Waals surface area contributed by atoms with E-state index in [1.54, 1.807) is 0 Å². The van der Waals surface area contributed by atoms with Crippen molar-refractivity contribution >= 4 is 0 Å². The first-order valence-corrected chi connectivity index (χ1v) is 6.61. The number of hydrogen-bond donors (Lipinski definition) is 1. The monoisotopic (exact) mass is 213 g/mol. The molecule has 1 atom stereocenters. The summed E-state index contributed by atoms with van der Waals surface area (Å²) in [6.45, 7) is 4.20. The van der Waals surface area contributed by atoms with Crippen LogP contribution in [0.25, 0.3) is 0 Å². The van der Waals surface area contributed by atoms with Crippen molar-refractivity contribution in [2.45, 2.75) is 57.9 Å². The van der Waals surface area contributed by atoms with Crippen molar-refractivity contribution in [1.29, 1.82) is 0 Å². The second kappa shape index (κ2) is 8.12. The van der Waals surface area contributed by atoms with Gasteiger partial charge in [-0.3, -0.25) is 0 Å². The molecular formula is C13H27NO. The maximum absolute atomic E-state index is 5.73. The predicted molar refractivity (Wildman–Crippen MR) is 65.1 cm³/mol. The lowest BCUT2D eigenvalue weighted by molar-refractivity contribution is 0.0966. The molecule has 15 heavy (non-hydrogen) atoms. The molecular weight excluding hydrogens is 186 g/mol. The van der Waals surface area contributed by atoms with Gasteiger partial charge in [-0.05, 0) is 45.1 Å². The highest BCUT2D eigenvalue weighted by Gasteiger charge is 2.14. The van der Waals surface area contributed by atoms with Gasteiger partial charge >= 0.3 is 0 Å². The molecule has 1 aliphatic rings. The van der Waals surface area contributed by atoms with Crippen molar-refractivity contribution in [3.63, 3.8) is 0 Å². The maximum Gasteiger partial charge on any atom is 0.0494 e. The van der Waals surface area contributed by atoms with Gasteiger partial charge in [-0.2, -0.15) is 0 Å². The van der Waals surface area contributed by atoms with Gasteiger partial charge in [0.05, 0.1) is 0 Å². The Morgan fingerprint density at radius 2 is 2.07 bits per heavy atom. The van der Waals surface area contributed by atoms with E-state index in [9.17, 15) is 0 Å². The molecule has 0 amide bonds. The second-order valence-corrected chi connectivity index (χ2v) is 4.76. The molecule has 0 spiro atoms. The average Bonchev–Trinajstić information content (AvgIpc) is 2.76. The lowest BCUT2D eigenvalue weighted by Crippen LogP contribution is -2.24. The van der Waals surface area contributed by atoms with E-state index in [0.29, 0.717) is 6.04 Å². The molecule has 0 aromatic heterocycles. The smallest absolute Gasteiger partial charge is 0.0494 e. The van der Waals surface area contributed by atoms with Gasteiger partial charge in [-0.25, -0.2) is 0 Å². The van der Waals surface area contributed by atoms with E-state index in [1.165, 1.54) is 44.9 Å². The molecule has 0 aliphatic heterocycles. The zero-order valence-corrected chi connectivity index (χ0v) is 10.4. The number of hydrogen-bond acceptors (Lipinski definition) is 2. The van der Waals surface area contributed by atoms with Crippen LogP contribution in [0.5, 0.6) is 0 Å². The van der Waals surface area contributed by atoms with Gasteiger partial charge in [0.1, 0.15) is 0 Å². The summed E-state index contributed by atoms with van der Waals surface area (Å²) in [5.41, 5.74) is 0. The fourth-order valence-electron chi connectivity index (χ4n) is 2.41. The Labute approximate surface area is 94.8 Å². The lowest BCUT2D eigenvalue weighted by Gasteiger charge is -2.14. The number of rotatable bonds is 8. The molecule has 1 aliphatic carbocycles. The van der Waals surface area contributed by atoms with Crippen LogP contribution >= 0.6 is 0 Å². The van der Waals surface area contributed by atoms with Crippen LogP contribution in [0.3, 0.4) is 0 Å². The molecule has 0 radical (unpaired) electrons. The molecule has 0 aromatic rings. The van der Waals surface area contributed by atoms with Crippen LogP contribution in [0.1, 0.15) is 51.9 Å². The minimum Gasteiger partial charge on any atom is -0.381 e. The molecule has 1 fully saturated rings. The minimum absolute atomic E-state index is 0.681. The Morgan fingerprint density at radius 1 is 1.33 bits per heavy atom. The van der Waals surface area contributed by atoms with Crippen molar-refractivity contribution in [1.82, 2.24) is 5.32 Å². The third-order valence-electron chi connectivity index (χ3n) is 3.57. The summed E-state index contributed by atoms with van der Waals surface area (Å²) in [5.74, 6) is 0.872.